The lowest BCUT2D eigenvalue weighted by Gasteiger charge is -2.18. The third-order valence-corrected chi connectivity index (χ3v) is 10.0. The number of hydrogen-bond donors (Lipinski definition) is 0. The molecule has 1 unspecified atom stereocenters. The van der Waals surface area contributed by atoms with Crippen molar-refractivity contribution < 1.29 is 23.8 Å². The van der Waals surface area contributed by atoms with Crippen molar-refractivity contribution in [1.29, 1.82) is 0 Å². The van der Waals surface area contributed by atoms with Crippen LogP contribution in [0.4, 0.5) is 0 Å². The Hall–Kier alpha value is -4.48. The molecular weight excluding hydrogens is 813 g/mol. The summed E-state index contributed by atoms with van der Waals surface area (Å²) in [4.78, 5) is 25.4. The van der Waals surface area contributed by atoms with Crippen molar-refractivity contribution in [1.82, 2.24) is 0 Å². The van der Waals surface area contributed by atoms with Crippen molar-refractivity contribution in [3.63, 3.8) is 0 Å². The van der Waals surface area contributed by atoms with E-state index >= 15 is 0 Å². The molecule has 66 heavy (non-hydrogen) atoms. The lowest BCUT2D eigenvalue weighted by Crippen LogP contribution is -2.30. The van der Waals surface area contributed by atoms with Crippen LogP contribution in [0.3, 0.4) is 0 Å². The highest BCUT2D eigenvalue weighted by atomic mass is 16.6. The zero-order valence-electron chi connectivity index (χ0n) is 42.1. The molecule has 0 N–H and O–H groups in total. The van der Waals surface area contributed by atoms with Crippen LogP contribution in [0.2, 0.25) is 0 Å². The van der Waals surface area contributed by atoms with Crippen LogP contribution in [0.1, 0.15) is 188 Å². The molecule has 0 aromatic heterocycles. The first-order chi connectivity index (χ1) is 32.6. The molecule has 0 aromatic carbocycles. The normalized spacial score (nSPS) is 13.6. The zero-order valence-corrected chi connectivity index (χ0v) is 42.1. The van der Waals surface area contributed by atoms with Gasteiger partial charge in [0, 0.05) is 19.4 Å². The van der Waals surface area contributed by atoms with Crippen LogP contribution in [0.25, 0.3) is 0 Å². The number of allylic oxidation sites excluding steroid dienone is 26. The standard InChI is InChI=1S/C61H94O5/c1-4-7-10-13-16-19-22-25-28-31-33-36-39-42-45-48-51-54-60(62)65-58-59(57-64-56-53-50-47-44-41-38-35-30-27-24-21-18-15-12-9-6-3)66-61(63)55-52-49-46-43-40-37-34-32-29-26-23-20-17-14-11-8-5-2/h7-12,16-21,25-30,33-34,36-38,41-42,45,59H,4-6,13-15,22-24,31-32,35,39-40,43-44,46-58H2,1-3H3/b10-7-,11-8-,12-9-,19-16-,20-17-,21-18-,28-25-,29-26-,30-27-,36-33-,37-34-,41-38-,45-42-. The van der Waals surface area contributed by atoms with Crippen molar-refractivity contribution in [3.05, 3.63) is 158 Å². The Kier molecular flexibility index (Phi) is 51.1. The summed E-state index contributed by atoms with van der Waals surface area (Å²) >= 11 is 0. The Bertz CT molecular complexity index is 1490. The summed E-state index contributed by atoms with van der Waals surface area (Å²) in [7, 11) is 0. The first-order valence-electron chi connectivity index (χ1n) is 26.0. The van der Waals surface area contributed by atoms with E-state index < -0.39 is 6.10 Å². The molecule has 0 heterocycles. The van der Waals surface area contributed by atoms with E-state index in [1.54, 1.807) is 0 Å². The summed E-state index contributed by atoms with van der Waals surface area (Å²) in [5, 5.41) is 0. The van der Waals surface area contributed by atoms with E-state index in [0.717, 1.165) is 148 Å². The molecular formula is C61H94O5. The van der Waals surface area contributed by atoms with Crippen LogP contribution in [-0.4, -0.2) is 37.9 Å². The molecule has 0 aliphatic heterocycles. The van der Waals surface area contributed by atoms with E-state index in [0.29, 0.717) is 25.9 Å². The molecule has 0 saturated carbocycles. The molecule has 0 fully saturated rings. The fourth-order valence-corrected chi connectivity index (χ4v) is 6.29. The van der Waals surface area contributed by atoms with E-state index in [2.05, 4.69) is 179 Å². The van der Waals surface area contributed by atoms with Crippen molar-refractivity contribution in [2.75, 3.05) is 19.8 Å². The largest absolute Gasteiger partial charge is 0.462 e. The van der Waals surface area contributed by atoms with E-state index in [9.17, 15) is 9.59 Å². The van der Waals surface area contributed by atoms with E-state index in [1.165, 1.54) is 0 Å². The Labute approximate surface area is 405 Å². The summed E-state index contributed by atoms with van der Waals surface area (Å²) in [6, 6.07) is 0. The van der Waals surface area contributed by atoms with E-state index in [-0.39, 0.29) is 25.2 Å². The minimum atomic E-state index is -0.602. The lowest BCUT2D eigenvalue weighted by molar-refractivity contribution is -0.163. The van der Waals surface area contributed by atoms with Crippen LogP contribution >= 0.6 is 0 Å². The van der Waals surface area contributed by atoms with Gasteiger partial charge in [0.2, 0.25) is 0 Å². The fourth-order valence-electron chi connectivity index (χ4n) is 6.29. The van der Waals surface area contributed by atoms with Gasteiger partial charge in [0.05, 0.1) is 6.61 Å². The number of unbranched alkanes of at least 4 members (excludes halogenated alkanes) is 8. The summed E-state index contributed by atoms with van der Waals surface area (Å²) in [5.74, 6) is -0.526. The number of rotatable bonds is 45. The second-order valence-electron chi connectivity index (χ2n) is 16.3. The number of carbonyl (C=O) groups excluding carboxylic acids is 2. The minimum absolute atomic E-state index is 0.0208. The van der Waals surface area contributed by atoms with Crippen LogP contribution < -0.4 is 0 Å². The van der Waals surface area contributed by atoms with Gasteiger partial charge in [0.15, 0.2) is 6.10 Å². The molecule has 0 saturated heterocycles. The number of ether oxygens (including phenoxy) is 3. The minimum Gasteiger partial charge on any atom is -0.462 e. The molecule has 0 rings (SSSR count). The van der Waals surface area contributed by atoms with Crippen LogP contribution in [0.5, 0.6) is 0 Å². The fraction of sp³-hybridized carbons (Fsp3) is 0.541. The first-order valence-corrected chi connectivity index (χ1v) is 26.0. The van der Waals surface area contributed by atoms with Crippen LogP contribution in [0.15, 0.2) is 158 Å². The van der Waals surface area contributed by atoms with Crippen molar-refractivity contribution >= 4 is 11.9 Å². The zero-order chi connectivity index (χ0) is 47.7. The number of esters is 2. The van der Waals surface area contributed by atoms with Gasteiger partial charge in [-0.05, 0) is 135 Å². The Morgan fingerprint density at radius 3 is 1.05 bits per heavy atom. The summed E-state index contributed by atoms with van der Waals surface area (Å²) in [6.45, 7) is 7.29. The highest BCUT2D eigenvalue weighted by Gasteiger charge is 2.17. The number of hydrogen-bond acceptors (Lipinski definition) is 5. The summed E-state index contributed by atoms with van der Waals surface area (Å²) in [5.41, 5.74) is 0. The van der Waals surface area contributed by atoms with Gasteiger partial charge in [-0.2, -0.15) is 0 Å². The predicted molar refractivity (Wildman–Crippen MR) is 288 cm³/mol. The van der Waals surface area contributed by atoms with Gasteiger partial charge in [0.1, 0.15) is 6.61 Å². The van der Waals surface area contributed by atoms with Gasteiger partial charge >= 0.3 is 11.9 Å². The Morgan fingerprint density at radius 1 is 0.333 bits per heavy atom. The molecule has 5 heteroatoms. The molecule has 0 bridgehead atoms. The highest BCUT2D eigenvalue weighted by Crippen LogP contribution is 2.10. The maximum Gasteiger partial charge on any atom is 0.306 e. The molecule has 0 aliphatic rings. The number of carbonyl (C=O) groups is 2. The predicted octanol–water partition coefficient (Wildman–Crippen LogP) is 17.9. The van der Waals surface area contributed by atoms with Crippen LogP contribution in [0, 0.1) is 0 Å². The average molecular weight is 907 g/mol. The van der Waals surface area contributed by atoms with Gasteiger partial charge in [-0.25, -0.2) is 0 Å². The van der Waals surface area contributed by atoms with Gasteiger partial charge < -0.3 is 14.2 Å². The van der Waals surface area contributed by atoms with Gasteiger partial charge in [-0.1, -0.05) is 198 Å². The molecule has 5 nitrogen and oxygen atoms in total. The smallest absolute Gasteiger partial charge is 0.306 e. The first kappa shape index (κ1) is 61.5. The third kappa shape index (κ3) is 52.1. The maximum absolute atomic E-state index is 12.8. The van der Waals surface area contributed by atoms with Crippen molar-refractivity contribution in [2.24, 2.45) is 0 Å². The molecule has 368 valence electrons. The molecule has 0 spiro atoms. The Morgan fingerprint density at radius 2 is 0.652 bits per heavy atom. The molecule has 0 aromatic rings. The quantitative estimate of drug-likeness (QED) is 0.0346. The maximum atomic E-state index is 12.8. The monoisotopic (exact) mass is 907 g/mol. The molecule has 0 radical (unpaired) electrons. The highest BCUT2D eigenvalue weighted by molar-refractivity contribution is 5.70. The summed E-state index contributed by atoms with van der Waals surface area (Å²) in [6.07, 6.45) is 81.2. The van der Waals surface area contributed by atoms with E-state index in [1.807, 2.05) is 0 Å². The topological polar surface area (TPSA) is 61.8 Å². The lowest BCUT2D eigenvalue weighted by atomic mass is 10.1. The van der Waals surface area contributed by atoms with Gasteiger partial charge in [-0.3, -0.25) is 9.59 Å². The molecule has 1 atom stereocenters. The third-order valence-electron chi connectivity index (χ3n) is 10.0. The average Bonchev–Trinajstić information content (AvgIpc) is 3.32. The molecule has 0 amide bonds. The molecule has 0 aliphatic carbocycles. The second-order valence-corrected chi connectivity index (χ2v) is 16.3. The van der Waals surface area contributed by atoms with Gasteiger partial charge in [0.25, 0.3) is 0 Å². The summed E-state index contributed by atoms with van der Waals surface area (Å²) < 4.78 is 17.3. The van der Waals surface area contributed by atoms with Gasteiger partial charge in [-0.15, -0.1) is 0 Å². The van der Waals surface area contributed by atoms with Crippen molar-refractivity contribution in [2.45, 2.75) is 194 Å². The second kappa shape index (κ2) is 54.9. The van der Waals surface area contributed by atoms with Crippen molar-refractivity contribution in [3.8, 4) is 0 Å². The Balaban J connectivity index is 4.52. The van der Waals surface area contributed by atoms with E-state index in [4.69, 9.17) is 14.2 Å². The van der Waals surface area contributed by atoms with Crippen LogP contribution in [-0.2, 0) is 23.8 Å². The SMILES string of the molecule is CC/C=C\C/C=C\C/C=C\C/C=C\C/C=C\CCCC(=O)OCC(COCCCCC/C=C\C/C=C\C/C=C\C/C=C\CC)OC(=O)CCCCCC/C=C\C/C=C\C/C=C\C/C=C\CC.